The van der Waals surface area contributed by atoms with Gasteiger partial charge in [-0.1, -0.05) is 17.7 Å². The number of carbonyl (C=O) groups is 2. The highest BCUT2D eigenvalue weighted by Gasteiger charge is 2.23. The molecule has 0 aliphatic carbocycles. The number of benzene rings is 1. The SMILES string of the molecule is CC(=O)NCCNc1cc(N2CCN(C(=O)CCc3cccs3)CC2)nc(-c2ccc(Cl)cc2)n1. The van der Waals surface area contributed by atoms with Gasteiger partial charge in [-0.2, -0.15) is 0 Å². The van der Waals surface area contributed by atoms with Crippen LogP contribution in [-0.2, 0) is 16.0 Å². The molecule has 3 aromatic rings. The topological polar surface area (TPSA) is 90.5 Å². The van der Waals surface area contributed by atoms with Gasteiger partial charge in [0.05, 0.1) is 0 Å². The van der Waals surface area contributed by atoms with Gasteiger partial charge in [-0.05, 0) is 42.1 Å². The molecular formula is C25H29ClN6O2S. The van der Waals surface area contributed by atoms with Crippen molar-refractivity contribution >= 4 is 46.4 Å². The Morgan fingerprint density at radius 1 is 1.06 bits per heavy atom. The maximum absolute atomic E-state index is 12.7. The largest absolute Gasteiger partial charge is 0.368 e. The van der Waals surface area contributed by atoms with Crippen LogP contribution in [0.1, 0.15) is 18.2 Å². The molecule has 10 heteroatoms. The number of rotatable bonds is 9. The minimum absolute atomic E-state index is 0.0696. The number of aryl methyl sites for hydroxylation is 1. The van der Waals surface area contributed by atoms with Crippen LogP contribution in [0.5, 0.6) is 0 Å². The highest BCUT2D eigenvalue weighted by atomic mass is 35.5. The van der Waals surface area contributed by atoms with Crippen LogP contribution in [0.2, 0.25) is 5.02 Å². The van der Waals surface area contributed by atoms with E-state index in [9.17, 15) is 9.59 Å². The molecule has 184 valence electrons. The minimum Gasteiger partial charge on any atom is -0.368 e. The molecule has 1 aromatic carbocycles. The number of hydrogen-bond acceptors (Lipinski definition) is 7. The van der Waals surface area contributed by atoms with Crippen LogP contribution >= 0.6 is 22.9 Å². The molecule has 3 heterocycles. The van der Waals surface area contributed by atoms with Crippen molar-refractivity contribution in [2.75, 3.05) is 49.5 Å². The molecule has 0 spiro atoms. The summed E-state index contributed by atoms with van der Waals surface area (Å²) in [6.07, 6.45) is 1.33. The summed E-state index contributed by atoms with van der Waals surface area (Å²) >= 11 is 7.75. The molecule has 2 N–H and O–H groups in total. The summed E-state index contributed by atoms with van der Waals surface area (Å²) in [5.74, 6) is 2.20. The highest BCUT2D eigenvalue weighted by Crippen LogP contribution is 2.25. The van der Waals surface area contributed by atoms with Crippen molar-refractivity contribution in [1.29, 1.82) is 0 Å². The van der Waals surface area contributed by atoms with Crippen molar-refractivity contribution in [1.82, 2.24) is 20.2 Å². The Balaban J connectivity index is 1.43. The van der Waals surface area contributed by atoms with Gasteiger partial charge in [-0.25, -0.2) is 9.97 Å². The lowest BCUT2D eigenvalue weighted by Crippen LogP contribution is -2.49. The second-order valence-corrected chi connectivity index (χ2v) is 9.77. The van der Waals surface area contributed by atoms with Crippen LogP contribution in [0.15, 0.2) is 47.8 Å². The monoisotopic (exact) mass is 512 g/mol. The number of piperazine rings is 1. The van der Waals surface area contributed by atoms with Gasteiger partial charge >= 0.3 is 0 Å². The van der Waals surface area contributed by atoms with E-state index in [1.165, 1.54) is 11.8 Å². The molecule has 8 nitrogen and oxygen atoms in total. The lowest BCUT2D eigenvalue weighted by molar-refractivity contribution is -0.131. The Hall–Kier alpha value is -3.17. The van der Waals surface area contributed by atoms with E-state index < -0.39 is 0 Å². The molecule has 35 heavy (non-hydrogen) atoms. The van der Waals surface area contributed by atoms with Crippen molar-refractivity contribution in [2.45, 2.75) is 19.8 Å². The van der Waals surface area contributed by atoms with Gasteiger partial charge in [-0.3, -0.25) is 9.59 Å². The predicted octanol–water partition coefficient (Wildman–Crippen LogP) is 3.69. The first-order valence-corrected chi connectivity index (χ1v) is 12.9. The number of hydrogen-bond donors (Lipinski definition) is 2. The molecule has 1 saturated heterocycles. The lowest BCUT2D eigenvalue weighted by Gasteiger charge is -2.35. The standard InChI is InChI=1S/C25H29ClN6O2S/c1-18(33)27-10-11-28-22-17-23(30-25(29-22)19-4-6-20(26)7-5-19)31-12-14-32(15-13-31)24(34)9-8-21-3-2-16-35-21/h2-7,16-17H,8-15H2,1H3,(H,27,33)(H,28,29,30). The van der Waals surface area contributed by atoms with E-state index >= 15 is 0 Å². The summed E-state index contributed by atoms with van der Waals surface area (Å²) in [5.41, 5.74) is 0.864. The number of nitrogens with zero attached hydrogens (tertiary/aromatic N) is 4. The number of halogens is 1. The minimum atomic E-state index is -0.0696. The van der Waals surface area contributed by atoms with Gasteiger partial charge in [0.1, 0.15) is 11.6 Å². The normalized spacial score (nSPS) is 13.5. The third-order valence-electron chi connectivity index (χ3n) is 5.74. The Bertz CT molecular complexity index is 1130. The predicted molar refractivity (Wildman–Crippen MR) is 141 cm³/mol. The van der Waals surface area contributed by atoms with Crippen LogP contribution in [0.3, 0.4) is 0 Å². The fourth-order valence-corrected chi connectivity index (χ4v) is 4.71. The van der Waals surface area contributed by atoms with Gasteiger partial charge in [-0.15, -0.1) is 11.3 Å². The second kappa shape index (κ2) is 12.0. The molecule has 1 aliphatic heterocycles. The van der Waals surface area contributed by atoms with Crippen molar-refractivity contribution in [3.63, 3.8) is 0 Å². The quantitative estimate of drug-likeness (QED) is 0.425. The van der Waals surface area contributed by atoms with Crippen LogP contribution < -0.4 is 15.5 Å². The number of anilines is 2. The molecule has 0 atom stereocenters. The zero-order chi connectivity index (χ0) is 24.6. The lowest BCUT2D eigenvalue weighted by atomic mass is 10.2. The molecule has 4 rings (SSSR count). The van der Waals surface area contributed by atoms with E-state index in [0.29, 0.717) is 62.4 Å². The van der Waals surface area contributed by atoms with Gasteiger partial charge in [0, 0.05) is 74.1 Å². The maximum atomic E-state index is 12.7. The summed E-state index contributed by atoms with van der Waals surface area (Å²) in [5, 5.41) is 8.74. The Morgan fingerprint density at radius 3 is 2.51 bits per heavy atom. The summed E-state index contributed by atoms with van der Waals surface area (Å²) in [7, 11) is 0. The summed E-state index contributed by atoms with van der Waals surface area (Å²) in [6, 6.07) is 13.4. The van der Waals surface area contributed by atoms with E-state index in [0.717, 1.165) is 17.8 Å². The number of thiophene rings is 1. The van der Waals surface area contributed by atoms with Crippen molar-refractivity contribution in [2.24, 2.45) is 0 Å². The molecule has 0 radical (unpaired) electrons. The average molecular weight is 513 g/mol. The first kappa shape index (κ1) is 24.9. The highest BCUT2D eigenvalue weighted by molar-refractivity contribution is 7.09. The van der Waals surface area contributed by atoms with E-state index in [-0.39, 0.29) is 11.8 Å². The second-order valence-electron chi connectivity index (χ2n) is 8.30. The van der Waals surface area contributed by atoms with Gasteiger partial charge in [0.15, 0.2) is 5.82 Å². The first-order chi connectivity index (χ1) is 17.0. The molecule has 0 unspecified atom stereocenters. The van der Waals surface area contributed by atoms with E-state index in [2.05, 4.69) is 26.6 Å². The van der Waals surface area contributed by atoms with E-state index in [1.54, 1.807) is 11.3 Å². The number of aromatic nitrogens is 2. The van der Waals surface area contributed by atoms with Gasteiger partial charge < -0.3 is 20.4 Å². The van der Waals surface area contributed by atoms with Crippen LogP contribution in [0.25, 0.3) is 11.4 Å². The molecule has 0 saturated carbocycles. The van der Waals surface area contributed by atoms with Crippen molar-refractivity contribution < 1.29 is 9.59 Å². The molecule has 1 aliphatic rings. The molecule has 2 aromatic heterocycles. The van der Waals surface area contributed by atoms with Crippen molar-refractivity contribution in [3.05, 3.63) is 57.7 Å². The van der Waals surface area contributed by atoms with Gasteiger partial charge in [0.25, 0.3) is 0 Å². The average Bonchev–Trinajstić information content (AvgIpc) is 3.39. The van der Waals surface area contributed by atoms with E-state index in [1.807, 2.05) is 46.7 Å². The van der Waals surface area contributed by atoms with Gasteiger partial charge in [0.2, 0.25) is 11.8 Å². The first-order valence-electron chi connectivity index (χ1n) is 11.7. The number of amides is 2. The summed E-state index contributed by atoms with van der Waals surface area (Å²) < 4.78 is 0. The summed E-state index contributed by atoms with van der Waals surface area (Å²) in [6.45, 7) is 5.26. The zero-order valence-electron chi connectivity index (χ0n) is 19.7. The fraction of sp³-hybridized carbons (Fsp3) is 0.360. The number of nitrogens with one attached hydrogen (secondary N) is 2. The Labute approximate surface area is 214 Å². The van der Waals surface area contributed by atoms with Crippen LogP contribution in [-0.4, -0.2) is 66.0 Å². The fourth-order valence-electron chi connectivity index (χ4n) is 3.87. The van der Waals surface area contributed by atoms with E-state index in [4.69, 9.17) is 16.6 Å². The molecule has 2 amide bonds. The van der Waals surface area contributed by atoms with Crippen LogP contribution in [0, 0.1) is 0 Å². The third-order valence-corrected chi connectivity index (χ3v) is 6.93. The zero-order valence-corrected chi connectivity index (χ0v) is 21.2. The maximum Gasteiger partial charge on any atom is 0.223 e. The Kier molecular flexibility index (Phi) is 8.54. The Morgan fingerprint density at radius 2 is 1.83 bits per heavy atom. The third kappa shape index (κ3) is 7.16. The molecule has 1 fully saturated rings. The van der Waals surface area contributed by atoms with Crippen molar-refractivity contribution in [3.8, 4) is 11.4 Å². The molecule has 0 bridgehead atoms. The summed E-state index contributed by atoms with van der Waals surface area (Å²) in [4.78, 5) is 38.7. The molecular weight excluding hydrogens is 484 g/mol. The number of carbonyl (C=O) groups excluding carboxylic acids is 2. The van der Waals surface area contributed by atoms with Crippen LogP contribution in [0.4, 0.5) is 11.6 Å². The smallest absolute Gasteiger partial charge is 0.223 e.